The number of carboxylic acids is 4. The van der Waals surface area contributed by atoms with Crippen molar-refractivity contribution in [2.45, 2.75) is 25.7 Å². The number of aliphatic hydroxyl groups is 2. The highest BCUT2D eigenvalue weighted by atomic mass is 16.4. The highest BCUT2D eigenvalue weighted by molar-refractivity contribution is 5.91. The van der Waals surface area contributed by atoms with E-state index in [4.69, 9.17) is 30.6 Å². The van der Waals surface area contributed by atoms with E-state index in [0.717, 1.165) is 12.8 Å². The van der Waals surface area contributed by atoms with Gasteiger partial charge in [-0.1, -0.05) is 13.2 Å². The molecule has 0 unspecified atom stereocenters. The van der Waals surface area contributed by atoms with Crippen LogP contribution in [0.4, 0.5) is 0 Å². The molecular formula is C14H22O10. The van der Waals surface area contributed by atoms with Crippen molar-refractivity contribution in [1.82, 2.24) is 0 Å². The number of aliphatic carboxylic acids is 4. The minimum absolute atomic E-state index is 0.195. The molecule has 0 rings (SSSR count). The molecule has 138 valence electrons. The molecule has 0 amide bonds. The Balaban J connectivity index is -0.000000282. The van der Waals surface area contributed by atoms with E-state index in [1.807, 2.05) is 0 Å². The molecule has 0 fully saturated rings. The summed E-state index contributed by atoms with van der Waals surface area (Å²) in [6.45, 7) is 6.42. The first-order valence-corrected chi connectivity index (χ1v) is 6.46. The van der Waals surface area contributed by atoms with Gasteiger partial charge in [0.25, 0.3) is 0 Å². The van der Waals surface area contributed by atoms with Crippen LogP contribution in [0.15, 0.2) is 24.3 Å². The van der Waals surface area contributed by atoms with Gasteiger partial charge in [-0.05, 0) is 12.8 Å². The molecule has 0 aromatic rings. The third-order valence-electron chi connectivity index (χ3n) is 1.90. The number of hydrogen-bond donors (Lipinski definition) is 6. The second-order valence-corrected chi connectivity index (χ2v) is 4.11. The minimum Gasteiger partial charge on any atom is -0.481 e. The molecule has 0 bridgehead atoms. The summed E-state index contributed by atoms with van der Waals surface area (Å²) in [5.41, 5.74) is -0.606. The van der Waals surface area contributed by atoms with Crippen LogP contribution in [0, 0.1) is 0 Å². The van der Waals surface area contributed by atoms with Gasteiger partial charge in [0.15, 0.2) is 0 Å². The molecule has 0 aliphatic heterocycles. The Labute approximate surface area is 138 Å². The van der Waals surface area contributed by atoms with Crippen LogP contribution in [0.1, 0.15) is 25.7 Å². The summed E-state index contributed by atoms with van der Waals surface area (Å²) >= 11 is 0. The molecule has 0 spiro atoms. The van der Waals surface area contributed by atoms with E-state index in [1.54, 1.807) is 0 Å². The number of carboxylic acid groups (broad SMARTS) is 4. The molecule has 0 saturated heterocycles. The van der Waals surface area contributed by atoms with Gasteiger partial charge in [-0.25, -0.2) is 9.59 Å². The van der Waals surface area contributed by atoms with Crippen LogP contribution in [0.25, 0.3) is 0 Å². The zero-order chi connectivity index (χ0) is 19.7. The van der Waals surface area contributed by atoms with Gasteiger partial charge in [-0.2, -0.15) is 0 Å². The van der Waals surface area contributed by atoms with E-state index in [-0.39, 0.29) is 24.4 Å². The number of carbonyl (C=O) groups is 4. The summed E-state index contributed by atoms with van der Waals surface area (Å²) in [6, 6.07) is 0. The second kappa shape index (κ2) is 16.6. The summed E-state index contributed by atoms with van der Waals surface area (Å²) in [4.78, 5) is 39.3. The van der Waals surface area contributed by atoms with Crippen LogP contribution in [0.3, 0.4) is 0 Å². The van der Waals surface area contributed by atoms with Gasteiger partial charge in [-0.3, -0.25) is 9.59 Å². The largest absolute Gasteiger partial charge is 0.481 e. The average Bonchev–Trinajstić information content (AvgIpc) is 2.44. The van der Waals surface area contributed by atoms with E-state index in [1.165, 1.54) is 0 Å². The van der Waals surface area contributed by atoms with Gasteiger partial charge >= 0.3 is 23.9 Å². The molecule has 10 heteroatoms. The molecule has 0 heterocycles. The van der Waals surface area contributed by atoms with E-state index in [0.29, 0.717) is 0 Å². The van der Waals surface area contributed by atoms with Gasteiger partial charge in [0, 0.05) is 24.4 Å². The molecule has 0 aromatic carbocycles. The van der Waals surface area contributed by atoms with E-state index in [9.17, 15) is 19.2 Å². The maximum absolute atomic E-state index is 9.87. The van der Waals surface area contributed by atoms with Crippen molar-refractivity contribution in [3.63, 3.8) is 0 Å². The summed E-state index contributed by atoms with van der Waals surface area (Å²) in [5.74, 6) is -4.89. The Morgan fingerprint density at radius 3 is 0.958 bits per heavy atom. The first kappa shape index (κ1) is 26.2. The standard InChI is InChI=1S/2C5H6O4.C4H10O2/c2*1-3(5(8)9)2-4(6)7;5-3-1-2-4-6/h2*1-2H2,(H,6,7)(H,8,9);5-6H,1-4H2. The minimum atomic E-state index is -1.27. The molecule has 0 radical (unpaired) electrons. The van der Waals surface area contributed by atoms with E-state index >= 15 is 0 Å². The SMILES string of the molecule is C=C(CC(=O)O)C(=O)O.C=C(CC(=O)O)C(=O)O.OCCCCO. The highest BCUT2D eigenvalue weighted by Gasteiger charge is 2.07. The molecule has 0 atom stereocenters. The van der Waals surface area contributed by atoms with Crippen LogP contribution in [0.5, 0.6) is 0 Å². The Hall–Kier alpha value is -2.72. The zero-order valence-corrected chi connectivity index (χ0v) is 13.0. The molecule has 0 saturated carbocycles. The summed E-state index contributed by atoms with van der Waals surface area (Å²) in [7, 11) is 0. The van der Waals surface area contributed by atoms with Crippen LogP contribution in [-0.4, -0.2) is 67.7 Å². The predicted molar refractivity (Wildman–Crippen MR) is 81.5 cm³/mol. The lowest BCUT2D eigenvalue weighted by Crippen LogP contribution is -2.04. The second-order valence-electron chi connectivity index (χ2n) is 4.11. The number of rotatable bonds is 9. The van der Waals surface area contributed by atoms with Gasteiger partial charge in [0.05, 0.1) is 12.8 Å². The van der Waals surface area contributed by atoms with Crippen molar-refractivity contribution in [3.8, 4) is 0 Å². The maximum Gasteiger partial charge on any atom is 0.331 e. The van der Waals surface area contributed by atoms with Crippen LogP contribution < -0.4 is 0 Å². The van der Waals surface area contributed by atoms with E-state index in [2.05, 4.69) is 13.2 Å². The first-order chi connectivity index (χ1) is 11.0. The van der Waals surface area contributed by atoms with Crippen molar-refractivity contribution in [3.05, 3.63) is 24.3 Å². The van der Waals surface area contributed by atoms with Gasteiger partial charge in [-0.15, -0.1) is 0 Å². The molecule has 0 aliphatic rings. The lowest BCUT2D eigenvalue weighted by Gasteiger charge is -1.91. The van der Waals surface area contributed by atoms with Gasteiger partial charge in [0.1, 0.15) is 0 Å². The molecule has 6 N–H and O–H groups in total. The highest BCUT2D eigenvalue weighted by Crippen LogP contribution is 1.96. The Morgan fingerprint density at radius 2 is 0.875 bits per heavy atom. The lowest BCUT2D eigenvalue weighted by molar-refractivity contribution is -0.139. The van der Waals surface area contributed by atoms with Crippen LogP contribution in [-0.2, 0) is 19.2 Å². The smallest absolute Gasteiger partial charge is 0.331 e. The van der Waals surface area contributed by atoms with Crippen molar-refractivity contribution in [2.24, 2.45) is 0 Å². The normalized spacial score (nSPS) is 8.58. The molecule has 0 aromatic heterocycles. The molecule has 10 nitrogen and oxygen atoms in total. The lowest BCUT2D eigenvalue weighted by atomic mass is 10.2. The fourth-order valence-electron chi connectivity index (χ4n) is 0.740. The Bertz CT molecular complexity index is 410. The molecule has 24 heavy (non-hydrogen) atoms. The maximum atomic E-state index is 9.87. The Kier molecular flexibility index (Phi) is 18.2. The molecule has 0 aliphatic carbocycles. The van der Waals surface area contributed by atoms with Crippen molar-refractivity contribution in [2.75, 3.05) is 13.2 Å². The van der Waals surface area contributed by atoms with Crippen molar-refractivity contribution < 1.29 is 49.8 Å². The monoisotopic (exact) mass is 350 g/mol. The number of hydrogen-bond acceptors (Lipinski definition) is 6. The quantitative estimate of drug-likeness (QED) is 0.243. The number of unbranched alkanes of at least 4 members (excludes halogenated alkanes) is 1. The molecular weight excluding hydrogens is 328 g/mol. The van der Waals surface area contributed by atoms with Gasteiger partial charge < -0.3 is 30.6 Å². The number of aliphatic hydroxyl groups excluding tert-OH is 2. The third-order valence-corrected chi connectivity index (χ3v) is 1.90. The van der Waals surface area contributed by atoms with Crippen molar-refractivity contribution in [1.29, 1.82) is 0 Å². The predicted octanol–water partition coefficient (Wildman–Crippen LogP) is -0.0450. The Morgan fingerprint density at radius 1 is 0.625 bits per heavy atom. The van der Waals surface area contributed by atoms with Gasteiger partial charge in [0.2, 0.25) is 0 Å². The summed E-state index contributed by atoms with van der Waals surface area (Å²) < 4.78 is 0. The van der Waals surface area contributed by atoms with E-state index < -0.39 is 36.7 Å². The fraction of sp³-hybridized carbons (Fsp3) is 0.429. The van der Waals surface area contributed by atoms with Crippen LogP contribution >= 0.6 is 0 Å². The fourth-order valence-corrected chi connectivity index (χ4v) is 0.740. The van der Waals surface area contributed by atoms with Crippen LogP contribution in [0.2, 0.25) is 0 Å². The third kappa shape index (κ3) is 24.3. The van der Waals surface area contributed by atoms with Crippen molar-refractivity contribution >= 4 is 23.9 Å². The summed E-state index contributed by atoms with van der Waals surface area (Å²) in [5, 5.41) is 48.3. The average molecular weight is 350 g/mol. The summed E-state index contributed by atoms with van der Waals surface area (Å²) in [6.07, 6.45) is 0.428. The zero-order valence-electron chi connectivity index (χ0n) is 13.0. The topological polar surface area (TPSA) is 190 Å². The first-order valence-electron chi connectivity index (χ1n) is 6.46.